The lowest BCUT2D eigenvalue weighted by Gasteiger charge is -2.35. The van der Waals surface area contributed by atoms with Crippen LogP contribution in [0, 0.1) is 0 Å². The van der Waals surface area contributed by atoms with Crippen LogP contribution in [-0.2, 0) is 45.1 Å². The van der Waals surface area contributed by atoms with Gasteiger partial charge in [0.1, 0.15) is 24.4 Å². The van der Waals surface area contributed by atoms with Crippen LogP contribution in [0.25, 0.3) is 0 Å². The molecule has 1 aliphatic rings. The number of ether oxygens (including phenoxy) is 3. The van der Waals surface area contributed by atoms with Crippen molar-refractivity contribution in [2.75, 3.05) is 14.2 Å². The molecule has 3 aromatic rings. The van der Waals surface area contributed by atoms with Crippen molar-refractivity contribution >= 4 is 18.0 Å². The fraction of sp³-hybridized carbons (Fsp3) is 0.276. The second-order valence-corrected chi connectivity index (χ2v) is 8.80. The number of carbonyl (C=O) groups is 3. The van der Waals surface area contributed by atoms with E-state index < -0.39 is 30.1 Å². The van der Waals surface area contributed by atoms with Crippen LogP contribution in [0.1, 0.15) is 22.3 Å². The van der Waals surface area contributed by atoms with E-state index in [1.165, 1.54) is 12.0 Å². The smallest absolute Gasteiger partial charge is 0.411 e. The minimum Gasteiger partial charge on any atom is -0.497 e. The topological polar surface area (TPSA) is 94.2 Å². The van der Waals surface area contributed by atoms with E-state index in [-0.39, 0.29) is 19.6 Å². The Bertz CT molecular complexity index is 1250. The highest BCUT2D eigenvalue weighted by atomic mass is 16.6. The van der Waals surface area contributed by atoms with Crippen molar-refractivity contribution in [1.82, 2.24) is 10.2 Å². The molecular weight excluding hydrogens is 472 g/mol. The number of nitrogens with one attached hydrogen (secondary N) is 1. The zero-order chi connectivity index (χ0) is 26.2. The summed E-state index contributed by atoms with van der Waals surface area (Å²) in [5.74, 6) is -0.390. The third kappa shape index (κ3) is 6.46. The van der Waals surface area contributed by atoms with Crippen molar-refractivity contribution in [2.24, 2.45) is 0 Å². The number of hydrogen-bond donors (Lipinski definition) is 1. The zero-order valence-electron chi connectivity index (χ0n) is 20.9. The molecule has 3 aromatic carbocycles. The fourth-order valence-electron chi connectivity index (χ4n) is 4.39. The monoisotopic (exact) mass is 502 g/mol. The van der Waals surface area contributed by atoms with Gasteiger partial charge >= 0.3 is 12.1 Å². The van der Waals surface area contributed by atoms with Gasteiger partial charge in [0.05, 0.1) is 20.8 Å². The maximum absolute atomic E-state index is 13.5. The predicted octanol–water partition coefficient (Wildman–Crippen LogP) is 3.66. The number of hydrogen-bond acceptors (Lipinski definition) is 6. The highest BCUT2D eigenvalue weighted by Gasteiger charge is 2.37. The summed E-state index contributed by atoms with van der Waals surface area (Å²) >= 11 is 0. The van der Waals surface area contributed by atoms with Crippen LogP contribution < -0.4 is 10.1 Å². The van der Waals surface area contributed by atoms with E-state index in [4.69, 9.17) is 14.2 Å². The molecule has 37 heavy (non-hydrogen) atoms. The highest BCUT2D eigenvalue weighted by Crippen LogP contribution is 2.25. The third-order valence-corrected chi connectivity index (χ3v) is 6.37. The van der Waals surface area contributed by atoms with E-state index in [0.717, 1.165) is 22.3 Å². The number of benzene rings is 3. The summed E-state index contributed by atoms with van der Waals surface area (Å²) in [6.45, 7) is 0.313. The van der Waals surface area contributed by atoms with Gasteiger partial charge in [-0.1, -0.05) is 66.7 Å². The number of nitrogens with zero attached hydrogens (tertiary/aromatic N) is 1. The van der Waals surface area contributed by atoms with Crippen LogP contribution >= 0.6 is 0 Å². The summed E-state index contributed by atoms with van der Waals surface area (Å²) in [6.07, 6.45) is -0.0896. The minimum atomic E-state index is -0.941. The molecule has 1 heterocycles. The van der Waals surface area contributed by atoms with Gasteiger partial charge in [0.15, 0.2) is 0 Å². The molecule has 0 radical (unpaired) electrons. The van der Waals surface area contributed by atoms with Crippen molar-refractivity contribution in [3.05, 3.63) is 101 Å². The zero-order valence-corrected chi connectivity index (χ0v) is 20.9. The van der Waals surface area contributed by atoms with E-state index in [2.05, 4.69) is 5.32 Å². The van der Waals surface area contributed by atoms with E-state index in [0.29, 0.717) is 12.2 Å². The Morgan fingerprint density at radius 1 is 0.919 bits per heavy atom. The molecule has 0 saturated carbocycles. The van der Waals surface area contributed by atoms with Gasteiger partial charge < -0.3 is 19.5 Å². The maximum Gasteiger partial charge on any atom is 0.411 e. The Labute approximate surface area is 216 Å². The van der Waals surface area contributed by atoms with E-state index in [1.807, 2.05) is 66.7 Å². The first-order valence-electron chi connectivity index (χ1n) is 12.0. The average molecular weight is 503 g/mol. The first-order valence-corrected chi connectivity index (χ1v) is 12.0. The van der Waals surface area contributed by atoms with Gasteiger partial charge in [-0.15, -0.1) is 0 Å². The average Bonchev–Trinajstić information content (AvgIpc) is 2.95. The summed E-state index contributed by atoms with van der Waals surface area (Å²) in [4.78, 5) is 40.7. The number of amides is 2. The molecule has 2 amide bonds. The van der Waals surface area contributed by atoms with E-state index in [1.54, 1.807) is 19.2 Å². The first kappa shape index (κ1) is 25.8. The molecule has 4 rings (SSSR count). The lowest BCUT2D eigenvalue weighted by atomic mass is 9.93. The number of methoxy groups -OCH3 is 2. The lowest BCUT2D eigenvalue weighted by molar-refractivity contribution is -0.145. The Hall–Kier alpha value is -4.33. The van der Waals surface area contributed by atoms with Crippen LogP contribution in [0.15, 0.2) is 78.9 Å². The number of esters is 1. The summed E-state index contributed by atoms with van der Waals surface area (Å²) < 4.78 is 15.8. The third-order valence-electron chi connectivity index (χ3n) is 6.37. The van der Waals surface area contributed by atoms with Crippen LogP contribution in [0.5, 0.6) is 5.75 Å². The van der Waals surface area contributed by atoms with E-state index >= 15 is 0 Å². The van der Waals surface area contributed by atoms with Gasteiger partial charge in [0.25, 0.3) is 0 Å². The molecule has 8 nitrogen and oxygen atoms in total. The Kier molecular flexibility index (Phi) is 8.40. The molecule has 0 spiro atoms. The molecule has 0 aliphatic carbocycles. The van der Waals surface area contributed by atoms with Crippen molar-refractivity contribution in [2.45, 2.75) is 38.1 Å². The summed E-state index contributed by atoms with van der Waals surface area (Å²) in [7, 11) is 2.84. The molecule has 1 N–H and O–H groups in total. The standard InChI is InChI=1S/C29H30N2O6/c1-35-24-14-8-11-21(15-24)16-25(28(33)36-2)30-27(32)26-17-22-12-6-7-13-23(22)18-31(26)29(34)37-19-20-9-4-3-5-10-20/h3-15,25-26H,16-19H2,1-2H3,(H,30,32)/t25-,26-/m0/s1. The van der Waals surface area contributed by atoms with Crippen molar-refractivity contribution in [1.29, 1.82) is 0 Å². The number of carbonyl (C=O) groups excluding carboxylic acids is 3. The quantitative estimate of drug-likeness (QED) is 0.473. The summed E-state index contributed by atoms with van der Waals surface area (Å²) in [5.41, 5.74) is 3.56. The number of fused-ring (bicyclic) bond motifs is 1. The van der Waals surface area contributed by atoms with Gasteiger partial charge in [-0.05, 0) is 34.4 Å². The molecule has 0 fully saturated rings. The molecule has 0 unspecified atom stereocenters. The SMILES string of the molecule is COC(=O)[C@H](Cc1cccc(OC)c1)NC(=O)[C@@H]1Cc2ccccc2CN1C(=O)OCc1ccccc1. The number of rotatable bonds is 8. The molecule has 8 heteroatoms. The molecule has 1 aliphatic heterocycles. The van der Waals surface area contributed by atoms with Crippen LogP contribution in [-0.4, -0.2) is 49.2 Å². The Morgan fingerprint density at radius 3 is 2.35 bits per heavy atom. The lowest BCUT2D eigenvalue weighted by Crippen LogP contribution is -2.56. The van der Waals surface area contributed by atoms with Crippen LogP contribution in [0.4, 0.5) is 4.79 Å². The van der Waals surface area contributed by atoms with Crippen LogP contribution in [0.3, 0.4) is 0 Å². The molecule has 2 atom stereocenters. The Balaban J connectivity index is 1.53. The van der Waals surface area contributed by atoms with Crippen molar-refractivity contribution in [3.63, 3.8) is 0 Å². The van der Waals surface area contributed by atoms with Gasteiger partial charge in [-0.2, -0.15) is 0 Å². The fourth-order valence-corrected chi connectivity index (χ4v) is 4.39. The van der Waals surface area contributed by atoms with Crippen molar-refractivity contribution < 1.29 is 28.6 Å². The van der Waals surface area contributed by atoms with Gasteiger partial charge in [-0.25, -0.2) is 9.59 Å². The highest BCUT2D eigenvalue weighted by molar-refractivity contribution is 5.90. The summed E-state index contributed by atoms with van der Waals surface area (Å²) in [6, 6.07) is 22.5. The summed E-state index contributed by atoms with van der Waals surface area (Å²) in [5, 5.41) is 2.81. The molecule has 0 bridgehead atoms. The normalized spacial score (nSPS) is 15.2. The minimum absolute atomic E-state index is 0.0901. The van der Waals surface area contributed by atoms with Crippen LogP contribution in [0.2, 0.25) is 0 Å². The maximum atomic E-state index is 13.5. The second-order valence-electron chi connectivity index (χ2n) is 8.80. The molecule has 0 aromatic heterocycles. The second kappa shape index (κ2) is 12.1. The molecular formula is C29H30N2O6. The predicted molar refractivity (Wildman–Crippen MR) is 137 cm³/mol. The van der Waals surface area contributed by atoms with Crippen molar-refractivity contribution in [3.8, 4) is 5.75 Å². The molecule has 0 saturated heterocycles. The molecule has 192 valence electrons. The first-order chi connectivity index (χ1) is 18.0. The van der Waals surface area contributed by atoms with Gasteiger partial charge in [0.2, 0.25) is 5.91 Å². The Morgan fingerprint density at radius 2 is 1.62 bits per heavy atom. The largest absolute Gasteiger partial charge is 0.497 e. The van der Waals surface area contributed by atoms with E-state index in [9.17, 15) is 14.4 Å². The van der Waals surface area contributed by atoms with Gasteiger partial charge in [0, 0.05) is 12.8 Å². The van der Waals surface area contributed by atoms with Gasteiger partial charge in [-0.3, -0.25) is 9.69 Å².